The molecule has 0 radical (unpaired) electrons. The summed E-state index contributed by atoms with van der Waals surface area (Å²) < 4.78 is 4.78. The highest BCUT2D eigenvalue weighted by molar-refractivity contribution is 6.30. The third-order valence-corrected chi connectivity index (χ3v) is 2.99. The fourth-order valence-corrected chi connectivity index (χ4v) is 1.79. The molecule has 0 aliphatic rings. The van der Waals surface area contributed by atoms with Crippen LogP contribution in [0.1, 0.15) is 31.9 Å². The molecule has 0 heterocycles. The van der Waals surface area contributed by atoms with Crippen LogP contribution in [-0.2, 0) is 9.53 Å². The Morgan fingerprint density at radius 2 is 2.05 bits per heavy atom. The second-order valence-corrected chi connectivity index (χ2v) is 4.78. The van der Waals surface area contributed by atoms with Gasteiger partial charge in [0.25, 0.3) is 0 Å². The molecular weight excluding hydrogens is 266 g/mol. The maximum Gasteiger partial charge on any atom is 0.308 e. The SMILES string of the molecule is CCOC(=O)CC(O)CN[C@@H](C)c1ccc(Cl)cc1. The van der Waals surface area contributed by atoms with Crippen molar-refractivity contribution in [2.45, 2.75) is 32.4 Å². The maximum absolute atomic E-state index is 11.2. The zero-order valence-electron chi connectivity index (χ0n) is 11.2. The van der Waals surface area contributed by atoms with E-state index in [1.54, 1.807) is 6.92 Å². The van der Waals surface area contributed by atoms with Crippen LogP contribution in [0.5, 0.6) is 0 Å². The molecule has 19 heavy (non-hydrogen) atoms. The predicted octanol–water partition coefficient (Wildman–Crippen LogP) is 2.30. The van der Waals surface area contributed by atoms with E-state index >= 15 is 0 Å². The van der Waals surface area contributed by atoms with Gasteiger partial charge in [-0.3, -0.25) is 4.79 Å². The van der Waals surface area contributed by atoms with E-state index in [0.29, 0.717) is 18.2 Å². The van der Waals surface area contributed by atoms with Gasteiger partial charge < -0.3 is 15.2 Å². The smallest absolute Gasteiger partial charge is 0.308 e. The molecule has 5 heteroatoms. The van der Waals surface area contributed by atoms with Crippen molar-refractivity contribution in [2.24, 2.45) is 0 Å². The number of aliphatic hydroxyl groups is 1. The van der Waals surface area contributed by atoms with Gasteiger partial charge in [-0.15, -0.1) is 0 Å². The van der Waals surface area contributed by atoms with Gasteiger partial charge in [0.2, 0.25) is 0 Å². The first kappa shape index (κ1) is 16.0. The lowest BCUT2D eigenvalue weighted by Gasteiger charge is -2.17. The van der Waals surface area contributed by atoms with Gasteiger partial charge >= 0.3 is 5.97 Å². The summed E-state index contributed by atoms with van der Waals surface area (Å²) in [6, 6.07) is 7.58. The average molecular weight is 286 g/mol. The maximum atomic E-state index is 11.2. The molecule has 1 rings (SSSR count). The van der Waals surface area contributed by atoms with E-state index < -0.39 is 6.10 Å². The van der Waals surface area contributed by atoms with E-state index in [1.165, 1.54) is 0 Å². The lowest BCUT2D eigenvalue weighted by Crippen LogP contribution is -2.31. The Bertz CT molecular complexity index is 394. The van der Waals surface area contributed by atoms with Gasteiger partial charge in [-0.05, 0) is 31.5 Å². The molecule has 0 saturated heterocycles. The zero-order valence-corrected chi connectivity index (χ0v) is 12.0. The van der Waals surface area contributed by atoms with Crippen LogP contribution >= 0.6 is 11.6 Å². The van der Waals surface area contributed by atoms with E-state index in [9.17, 15) is 9.90 Å². The van der Waals surface area contributed by atoms with Gasteiger partial charge in [-0.1, -0.05) is 23.7 Å². The molecule has 1 unspecified atom stereocenters. The number of hydrogen-bond acceptors (Lipinski definition) is 4. The zero-order chi connectivity index (χ0) is 14.3. The number of ether oxygens (including phenoxy) is 1. The number of hydrogen-bond donors (Lipinski definition) is 2. The molecule has 0 aliphatic carbocycles. The van der Waals surface area contributed by atoms with Crippen molar-refractivity contribution in [2.75, 3.05) is 13.2 Å². The number of rotatable bonds is 7. The summed E-state index contributed by atoms with van der Waals surface area (Å²) in [5, 5.41) is 13.6. The van der Waals surface area contributed by atoms with Crippen molar-refractivity contribution < 1.29 is 14.6 Å². The van der Waals surface area contributed by atoms with Crippen LogP contribution in [0.15, 0.2) is 24.3 Å². The highest BCUT2D eigenvalue weighted by Crippen LogP contribution is 2.15. The number of aliphatic hydroxyl groups excluding tert-OH is 1. The van der Waals surface area contributed by atoms with Crippen LogP contribution < -0.4 is 5.32 Å². The first-order valence-electron chi connectivity index (χ1n) is 6.35. The summed E-state index contributed by atoms with van der Waals surface area (Å²) in [7, 11) is 0. The van der Waals surface area contributed by atoms with Crippen molar-refractivity contribution in [3.05, 3.63) is 34.9 Å². The lowest BCUT2D eigenvalue weighted by molar-refractivity contribution is -0.145. The first-order valence-corrected chi connectivity index (χ1v) is 6.73. The summed E-state index contributed by atoms with van der Waals surface area (Å²) >= 11 is 5.82. The van der Waals surface area contributed by atoms with Gasteiger partial charge in [0.15, 0.2) is 0 Å². The average Bonchev–Trinajstić information content (AvgIpc) is 2.37. The first-order chi connectivity index (χ1) is 9.02. The Hall–Kier alpha value is -1.10. The van der Waals surface area contributed by atoms with Gasteiger partial charge in [-0.2, -0.15) is 0 Å². The summed E-state index contributed by atoms with van der Waals surface area (Å²) in [6.45, 7) is 4.40. The molecule has 2 N–H and O–H groups in total. The van der Waals surface area contributed by atoms with E-state index in [1.807, 2.05) is 31.2 Å². The summed E-state index contributed by atoms with van der Waals surface area (Å²) in [6.07, 6.45) is -0.734. The normalized spacial score (nSPS) is 13.9. The van der Waals surface area contributed by atoms with Crippen molar-refractivity contribution in [1.82, 2.24) is 5.32 Å². The van der Waals surface area contributed by atoms with E-state index in [0.717, 1.165) is 5.56 Å². The minimum Gasteiger partial charge on any atom is -0.466 e. The Kier molecular flexibility index (Phi) is 6.84. The van der Waals surface area contributed by atoms with Crippen LogP contribution in [-0.4, -0.2) is 30.3 Å². The van der Waals surface area contributed by atoms with Crippen LogP contribution in [0.25, 0.3) is 0 Å². The molecule has 106 valence electrons. The highest BCUT2D eigenvalue weighted by atomic mass is 35.5. The van der Waals surface area contributed by atoms with Gasteiger partial charge in [-0.25, -0.2) is 0 Å². The molecule has 4 nitrogen and oxygen atoms in total. The topological polar surface area (TPSA) is 58.6 Å². The van der Waals surface area contributed by atoms with Crippen LogP contribution in [0, 0.1) is 0 Å². The molecule has 1 aromatic rings. The number of nitrogens with one attached hydrogen (secondary N) is 1. The molecule has 0 aromatic heterocycles. The van der Waals surface area contributed by atoms with E-state index in [4.69, 9.17) is 16.3 Å². The monoisotopic (exact) mass is 285 g/mol. The summed E-state index contributed by atoms with van der Waals surface area (Å²) in [4.78, 5) is 11.2. The number of halogens is 1. The predicted molar refractivity (Wildman–Crippen MR) is 75.1 cm³/mol. The number of benzene rings is 1. The quantitative estimate of drug-likeness (QED) is 0.755. The Morgan fingerprint density at radius 1 is 1.42 bits per heavy atom. The number of esters is 1. The fourth-order valence-electron chi connectivity index (χ4n) is 1.67. The minimum atomic E-state index is -0.742. The van der Waals surface area contributed by atoms with Crippen LogP contribution in [0.4, 0.5) is 0 Å². The molecule has 1 aromatic carbocycles. The third-order valence-electron chi connectivity index (χ3n) is 2.74. The Labute approximate surface area is 118 Å². The van der Waals surface area contributed by atoms with E-state index in [2.05, 4.69) is 5.32 Å². The largest absolute Gasteiger partial charge is 0.466 e. The number of carbonyl (C=O) groups excluding carboxylic acids is 1. The third kappa shape index (κ3) is 6.05. The van der Waals surface area contributed by atoms with E-state index in [-0.39, 0.29) is 18.4 Å². The van der Waals surface area contributed by atoms with Gasteiger partial charge in [0.05, 0.1) is 19.1 Å². The molecule has 0 aliphatic heterocycles. The molecule has 2 atom stereocenters. The molecular formula is C14H20ClNO3. The Morgan fingerprint density at radius 3 is 2.63 bits per heavy atom. The Balaban J connectivity index is 2.35. The fraction of sp³-hybridized carbons (Fsp3) is 0.500. The van der Waals surface area contributed by atoms with Crippen LogP contribution in [0.3, 0.4) is 0 Å². The highest BCUT2D eigenvalue weighted by Gasteiger charge is 2.13. The summed E-state index contributed by atoms with van der Waals surface area (Å²) in [5.74, 6) is -0.379. The molecule has 0 spiro atoms. The lowest BCUT2D eigenvalue weighted by atomic mass is 10.1. The second-order valence-electron chi connectivity index (χ2n) is 4.34. The molecule has 0 amide bonds. The molecule has 0 fully saturated rings. The van der Waals surface area contributed by atoms with Gasteiger partial charge in [0, 0.05) is 17.6 Å². The van der Waals surface area contributed by atoms with Crippen LogP contribution in [0.2, 0.25) is 5.02 Å². The van der Waals surface area contributed by atoms with Crippen molar-refractivity contribution in [1.29, 1.82) is 0 Å². The van der Waals surface area contributed by atoms with Crippen molar-refractivity contribution >= 4 is 17.6 Å². The van der Waals surface area contributed by atoms with Crippen molar-refractivity contribution in [3.63, 3.8) is 0 Å². The second kappa shape index (κ2) is 8.15. The van der Waals surface area contributed by atoms with Gasteiger partial charge in [0.1, 0.15) is 0 Å². The minimum absolute atomic E-state index is 0.00811. The molecule has 0 saturated carbocycles. The standard InChI is InChI=1S/C14H20ClNO3/c1-3-19-14(18)8-13(17)9-16-10(2)11-4-6-12(15)7-5-11/h4-7,10,13,16-17H,3,8-9H2,1-2H3/t10-,13?/m0/s1. The van der Waals surface area contributed by atoms with Crippen molar-refractivity contribution in [3.8, 4) is 0 Å². The summed E-state index contributed by atoms with van der Waals surface area (Å²) in [5.41, 5.74) is 1.08. The molecule has 0 bridgehead atoms. The number of carbonyl (C=O) groups is 1.